The molecule has 1 aliphatic carbocycles. The quantitative estimate of drug-likeness (QED) is 0.809. The molecule has 1 aromatic rings. The predicted molar refractivity (Wildman–Crippen MR) is 73.3 cm³/mol. The molecule has 2 atom stereocenters. The van der Waals surface area contributed by atoms with E-state index in [2.05, 4.69) is 47.8 Å². The molecule has 1 N–H and O–H groups in total. The maximum absolute atomic E-state index is 4.51. The molecule has 102 valence electrons. The second-order valence-corrected chi connectivity index (χ2v) is 5.78. The first-order chi connectivity index (χ1) is 8.65. The number of nitrogens with one attached hydrogen (secondary N) is 1. The summed E-state index contributed by atoms with van der Waals surface area (Å²) in [7, 11) is 0. The van der Waals surface area contributed by atoms with Gasteiger partial charge in [-0.05, 0) is 51.5 Å². The van der Waals surface area contributed by atoms with Crippen LogP contribution in [0.15, 0.2) is 6.33 Å². The van der Waals surface area contributed by atoms with Crippen LogP contribution < -0.4 is 5.32 Å². The van der Waals surface area contributed by atoms with E-state index in [1.165, 1.54) is 12.8 Å². The van der Waals surface area contributed by atoms with E-state index in [1.807, 2.05) is 0 Å². The van der Waals surface area contributed by atoms with Crippen LogP contribution in [0.4, 0.5) is 0 Å². The van der Waals surface area contributed by atoms with Crippen LogP contribution >= 0.6 is 0 Å². The van der Waals surface area contributed by atoms with Gasteiger partial charge < -0.3 is 5.32 Å². The van der Waals surface area contributed by atoms with Crippen molar-refractivity contribution in [1.82, 2.24) is 20.1 Å². The highest BCUT2D eigenvalue weighted by Gasteiger charge is 2.36. The van der Waals surface area contributed by atoms with E-state index < -0.39 is 0 Å². The maximum atomic E-state index is 4.51. The molecular weight excluding hydrogens is 224 g/mol. The zero-order valence-electron chi connectivity index (χ0n) is 12.1. The van der Waals surface area contributed by atoms with Crippen molar-refractivity contribution in [2.75, 3.05) is 6.54 Å². The smallest absolute Gasteiger partial charge is 0.144 e. The minimum atomic E-state index is 0.349. The van der Waals surface area contributed by atoms with Crippen molar-refractivity contribution in [1.29, 1.82) is 0 Å². The van der Waals surface area contributed by atoms with Gasteiger partial charge in [0.2, 0.25) is 0 Å². The molecule has 0 radical (unpaired) electrons. The lowest BCUT2D eigenvalue weighted by molar-refractivity contribution is 0.316. The Morgan fingerprint density at radius 1 is 1.39 bits per heavy atom. The van der Waals surface area contributed by atoms with Crippen LogP contribution in [0, 0.1) is 11.8 Å². The molecule has 2 unspecified atom stereocenters. The van der Waals surface area contributed by atoms with E-state index in [1.54, 1.807) is 6.33 Å². The number of hydrogen-bond acceptors (Lipinski definition) is 3. The molecule has 4 heteroatoms. The second-order valence-electron chi connectivity index (χ2n) is 5.78. The summed E-state index contributed by atoms with van der Waals surface area (Å²) in [5.41, 5.74) is 0. The predicted octanol–water partition coefficient (Wildman–Crippen LogP) is 2.95. The van der Waals surface area contributed by atoms with Crippen LogP contribution in [0.25, 0.3) is 0 Å². The van der Waals surface area contributed by atoms with Gasteiger partial charge in [-0.2, -0.15) is 5.10 Å². The number of hydrogen-bond donors (Lipinski definition) is 1. The molecule has 2 rings (SSSR count). The molecule has 1 heterocycles. The molecule has 4 nitrogen and oxygen atoms in total. The average Bonchev–Trinajstić information content (AvgIpc) is 3.08. The highest BCUT2D eigenvalue weighted by atomic mass is 15.4. The normalized spacial score (nSPS) is 19.2. The maximum Gasteiger partial charge on any atom is 0.144 e. The van der Waals surface area contributed by atoms with Crippen molar-refractivity contribution in [2.24, 2.45) is 11.8 Å². The summed E-state index contributed by atoms with van der Waals surface area (Å²) in [5, 5.41) is 8.04. The van der Waals surface area contributed by atoms with Crippen LogP contribution in [-0.4, -0.2) is 21.3 Å². The summed E-state index contributed by atoms with van der Waals surface area (Å²) in [4.78, 5) is 4.51. The number of aromatic nitrogens is 3. The molecule has 1 saturated carbocycles. The van der Waals surface area contributed by atoms with Crippen molar-refractivity contribution in [3.8, 4) is 0 Å². The average molecular weight is 250 g/mol. The first kappa shape index (κ1) is 13.5. The zero-order chi connectivity index (χ0) is 13.1. The van der Waals surface area contributed by atoms with E-state index in [0.29, 0.717) is 18.0 Å². The fourth-order valence-electron chi connectivity index (χ4n) is 2.59. The molecule has 0 bridgehead atoms. The topological polar surface area (TPSA) is 42.7 Å². The SMILES string of the molecule is CCCNC(c1ncnn1C(C)C)C(C)C1CC1. The van der Waals surface area contributed by atoms with Crippen LogP contribution in [0.1, 0.15) is 64.9 Å². The lowest BCUT2D eigenvalue weighted by Crippen LogP contribution is -2.32. The Kier molecular flexibility index (Phi) is 4.38. The zero-order valence-corrected chi connectivity index (χ0v) is 12.1. The van der Waals surface area contributed by atoms with Gasteiger partial charge >= 0.3 is 0 Å². The molecule has 0 saturated heterocycles. The van der Waals surface area contributed by atoms with Gasteiger partial charge in [0.25, 0.3) is 0 Å². The lowest BCUT2D eigenvalue weighted by Gasteiger charge is -2.25. The highest BCUT2D eigenvalue weighted by molar-refractivity contribution is 5.01. The second kappa shape index (κ2) is 5.83. The number of rotatable bonds is 7. The largest absolute Gasteiger partial charge is 0.307 e. The molecule has 0 aliphatic heterocycles. The van der Waals surface area contributed by atoms with Crippen molar-refractivity contribution in [3.63, 3.8) is 0 Å². The molecule has 18 heavy (non-hydrogen) atoms. The molecule has 1 aromatic heterocycles. The van der Waals surface area contributed by atoms with Crippen LogP contribution in [0.2, 0.25) is 0 Å². The van der Waals surface area contributed by atoms with Crippen molar-refractivity contribution in [3.05, 3.63) is 12.2 Å². The highest BCUT2D eigenvalue weighted by Crippen LogP contribution is 2.42. The van der Waals surface area contributed by atoms with Crippen molar-refractivity contribution in [2.45, 2.75) is 59.0 Å². The summed E-state index contributed by atoms with van der Waals surface area (Å²) in [6.07, 6.45) is 5.60. The molecular formula is C14H26N4. The summed E-state index contributed by atoms with van der Waals surface area (Å²) in [5.74, 6) is 2.63. The summed E-state index contributed by atoms with van der Waals surface area (Å²) >= 11 is 0. The van der Waals surface area contributed by atoms with E-state index in [9.17, 15) is 0 Å². The molecule has 1 fully saturated rings. The summed E-state index contributed by atoms with van der Waals surface area (Å²) in [6, 6.07) is 0.724. The Balaban J connectivity index is 2.18. The van der Waals surface area contributed by atoms with E-state index >= 15 is 0 Å². The minimum Gasteiger partial charge on any atom is -0.307 e. The van der Waals surface area contributed by atoms with Crippen molar-refractivity contribution >= 4 is 0 Å². The third-order valence-corrected chi connectivity index (χ3v) is 3.87. The third-order valence-electron chi connectivity index (χ3n) is 3.87. The molecule has 0 spiro atoms. The molecule has 1 aliphatic rings. The fourth-order valence-corrected chi connectivity index (χ4v) is 2.59. The Labute approximate surface area is 110 Å². The van der Waals surface area contributed by atoms with Gasteiger partial charge in [0.1, 0.15) is 12.2 Å². The standard InChI is InChI=1S/C14H26N4/c1-5-8-15-13(11(4)12-6-7-12)14-16-9-17-18(14)10(2)3/h9-13,15H,5-8H2,1-4H3. The Hall–Kier alpha value is -0.900. The van der Waals surface area contributed by atoms with Crippen LogP contribution in [0.3, 0.4) is 0 Å². The first-order valence-electron chi connectivity index (χ1n) is 7.28. The third kappa shape index (κ3) is 2.91. The monoisotopic (exact) mass is 250 g/mol. The molecule has 0 amide bonds. The van der Waals surface area contributed by atoms with Gasteiger partial charge in [0.15, 0.2) is 0 Å². The summed E-state index contributed by atoms with van der Waals surface area (Å²) < 4.78 is 2.06. The van der Waals surface area contributed by atoms with Gasteiger partial charge in [-0.15, -0.1) is 0 Å². The summed E-state index contributed by atoms with van der Waals surface area (Å²) in [6.45, 7) is 9.93. The fraction of sp³-hybridized carbons (Fsp3) is 0.857. The van der Waals surface area contributed by atoms with Gasteiger partial charge in [-0.25, -0.2) is 9.67 Å². The Bertz CT molecular complexity index is 368. The molecule has 0 aromatic carbocycles. The first-order valence-corrected chi connectivity index (χ1v) is 7.28. The van der Waals surface area contributed by atoms with Crippen molar-refractivity contribution < 1.29 is 0 Å². The number of nitrogens with zero attached hydrogens (tertiary/aromatic N) is 3. The van der Waals surface area contributed by atoms with Gasteiger partial charge in [0, 0.05) is 6.04 Å². The van der Waals surface area contributed by atoms with Crippen LogP contribution in [-0.2, 0) is 0 Å². The van der Waals surface area contributed by atoms with Gasteiger partial charge in [-0.1, -0.05) is 13.8 Å². The van der Waals surface area contributed by atoms with Gasteiger partial charge in [-0.3, -0.25) is 0 Å². The van der Waals surface area contributed by atoms with E-state index in [-0.39, 0.29) is 0 Å². The minimum absolute atomic E-state index is 0.349. The van der Waals surface area contributed by atoms with E-state index in [0.717, 1.165) is 24.7 Å². The lowest BCUT2D eigenvalue weighted by atomic mass is 9.95. The Morgan fingerprint density at radius 2 is 2.11 bits per heavy atom. The van der Waals surface area contributed by atoms with Gasteiger partial charge in [0.05, 0.1) is 6.04 Å². The van der Waals surface area contributed by atoms with Crippen LogP contribution in [0.5, 0.6) is 0 Å². The van der Waals surface area contributed by atoms with E-state index in [4.69, 9.17) is 0 Å². The Morgan fingerprint density at radius 3 is 2.67 bits per heavy atom.